The minimum absolute atomic E-state index is 0.0468. The first-order valence-electron chi connectivity index (χ1n) is 5.32. The van der Waals surface area contributed by atoms with Gasteiger partial charge in [0.15, 0.2) is 0 Å². The van der Waals surface area contributed by atoms with Gasteiger partial charge in [0.25, 0.3) is 0 Å². The molecule has 0 radical (unpaired) electrons. The molecule has 0 amide bonds. The quantitative estimate of drug-likeness (QED) is 0.792. The van der Waals surface area contributed by atoms with Gasteiger partial charge < -0.3 is 20.3 Å². The Balaban J connectivity index is 3.12. The van der Waals surface area contributed by atoms with Crippen molar-refractivity contribution in [2.24, 2.45) is 5.73 Å². The van der Waals surface area contributed by atoms with Gasteiger partial charge in [-0.05, 0) is 11.6 Å². The molecule has 1 rings (SSSR count). The third-order valence-electron chi connectivity index (χ3n) is 2.53. The van der Waals surface area contributed by atoms with E-state index in [1.807, 2.05) is 0 Å². The van der Waals surface area contributed by atoms with Crippen molar-refractivity contribution in [3.63, 3.8) is 0 Å². The zero-order valence-electron chi connectivity index (χ0n) is 10.3. The maximum atomic E-state index is 13.6. The largest absolute Gasteiger partial charge is 0.496 e. The van der Waals surface area contributed by atoms with Gasteiger partial charge in [-0.2, -0.15) is 0 Å². The van der Waals surface area contributed by atoms with E-state index in [1.54, 1.807) is 0 Å². The number of rotatable bonds is 6. The molecule has 100 valence electrons. The molecule has 0 spiro atoms. The molecule has 0 aliphatic carbocycles. The van der Waals surface area contributed by atoms with Crippen LogP contribution in [0, 0.1) is 5.82 Å². The van der Waals surface area contributed by atoms with E-state index in [4.69, 9.17) is 20.3 Å². The van der Waals surface area contributed by atoms with E-state index in [0.717, 1.165) is 0 Å². The minimum atomic E-state index is -1.12. The Morgan fingerprint density at radius 2 is 2.17 bits per heavy atom. The summed E-state index contributed by atoms with van der Waals surface area (Å²) in [6.45, 7) is 0.0468. The SMILES string of the molecule is COCc1c(F)ccc(CC(N)C(=O)O)c1OC. The van der Waals surface area contributed by atoms with E-state index < -0.39 is 17.8 Å². The van der Waals surface area contributed by atoms with E-state index in [0.29, 0.717) is 5.56 Å². The van der Waals surface area contributed by atoms with Gasteiger partial charge in [0.1, 0.15) is 17.6 Å². The molecule has 5 nitrogen and oxygen atoms in total. The van der Waals surface area contributed by atoms with Gasteiger partial charge in [-0.3, -0.25) is 4.79 Å². The van der Waals surface area contributed by atoms with Crippen LogP contribution < -0.4 is 10.5 Å². The lowest BCUT2D eigenvalue weighted by Crippen LogP contribution is -2.32. The lowest BCUT2D eigenvalue weighted by atomic mass is 10.0. The smallest absolute Gasteiger partial charge is 0.320 e. The predicted octanol–water partition coefficient (Wildman–Crippen LogP) is 0.935. The average molecular weight is 257 g/mol. The summed E-state index contributed by atoms with van der Waals surface area (Å²) in [7, 11) is 2.83. The molecule has 0 aliphatic rings. The average Bonchev–Trinajstić information content (AvgIpc) is 2.33. The van der Waals surface area contributed by atoms with Crippen LogP contribution in [0.1, 0.15) is 11.1 Å². The van der Waals surface area contributed by atoms with Crippen molar-refractivity contribution in [3.05, 3.63) is 29.1 Å². The van der Waals surface area contributed by atoms with Crippen molar-refractivity contribution < 1.29 is 23.8 Å². The Labute approximate surface area is 104 Å². The lowest BCUT2D eigenvalue weighted by Gasteiger charge is -2.15. The third-order valence-corrected chi connectivity index (χ3v) is 2.53. The van der Waals surface area contributed by atoms with Crippen LogP contribution in [0.25, 0.3) is 0 Å². The number of methoxy groups -OCH3 is 2. The van der Waals surface area contributed by atoms with E-state index in [9.17, 15) is 9.18 Å². The molecule has 0 aliphatic heterocycles. The lowest BCUT2D eigenvalue weighted by molar-refractivity contribution is -0.138. The fraction of sp³-hybridized carbons (Fsp3) is 0.417. The molecule has 0 saturated heterocycles. The maximum absolute atomic E-state index is 13.6. The Morgan fingerprint density at radius 1 is 1.50 bits per heavy atom. The third kappa shape index (κ3) is 3.18. The molecule has 1 aromatic carbocycles. The van der Waals surface area contributed by atoms with Crippen molar-refractivity contribution in [2.45, 2.75) is 19.1 Å². The summed E-state index contributed by atoms with van der Waals surface area (Å²) in [5.41, 5.74) is 6.26. The summed E-state index contributed by atoms with van der Waals surface area (Å²) in [6, 6.07) is 1.66. The first kappa shape index (κ1) is 14.4. The molecule has 3 N–H and O–H groups in total. The van der Waals surface area contributed by atoms with Crippen molar-refractivity contribution in [2.75, 3.05) is 14.2 Å². The molecule has 1 unspecified atom stereocenters. The number of nitrogens with two attached hydrogens (primary N) is 1. The van der Waals surface area contributed by atoms with Crippen molar-refractivity contribution >= 4 is 5.97 Å². The van der Waals surface area contributed by atoms with Crippen LogP contribution >= 0.6 is 0 Å². The van der Waals surface area contributed by atoms with Gasteiger partial charge in [0.05, 0.1) is 19.3 Å². The Kier molecular flexibility index (Phi) is 5.06. The van der Waals surface area contributed by atoms with E-state index >= 15 is 0 Å². The van der Waals surface area contributed by atoms with Crippen molar-refractivity contribution in [3.8, 4) is 5.75 Å². The van der Waals surface area contributed by atoms with Crippen LogP contribution in [0.15, 0.2) is 12.1 Å². The molecule has 1 aromatic rings. The molecule has 0 saturated carbocycles. The number of hydrogen-bond donors (Lipinski definition) is 2. The standard InChI is InChI=1S/C12H16FNO4/c1-17-6-8-9(13)4-3-7(11(8)18-2)5-10(14)12(15)16/h3-4,10H,5-6,14H2,1-2H3,(H,15,16). The normalized spacial score (nSPS) is 12.2. The number of carbonyl (C=O) groups is 1. The fourth-order valence-corrected chi connectivity index (χ4v) is 1.67. The fourth-order valence-electron chi connectivity index (χ4n) is 1.67. The molecular weight excluding hydrogens is 241 g/mol. The molecular formula is C12H16FNO4. The summed E-state index contributed by atoms with van der Waals surface area (Å²) >= 11 is 0. The highest BCUT2D eigenvalue weighted by Crippen LogP contribution is 2.28. The molecule has 18 heavy (non-hydrogen) atoms. The number of hydrogen-bond acceptors (Lipinski definition) is 4. The van der Waals surface area contributed by atoms with Gasteiger partial charge in [0.2, 0.25) is 0 Å². The Hall–Kier alpha value is -1.66. The summed E-state index contributed by atoms with van der Waals surface area (Å²) in [4.78, 5) is 10.7. The summed E-state index contributed by atoms with van der Waals surface area (Å²) in [5.74, 6) is -1.29. The molecule has 0 fully saturated rings. The van der Waals surface area contributed by atoms with Gasteiger partial charge in [-0.15, -0.1) is 0 Å². The number of halogens is 1. The van der Waals surface area contributed by atoms with Gasteiger partial charge in [-0.1, -0.05) is 6.07 Å². The first-order valence-corrected chi connectivity index (χ1v) is 5.32. The zero-order chi connectivity index (χ0) is 13.7. The van der Waals surface area contributed by atoms with Crippen LogP contribution in [0.5, 0.6) is 5.75 Å². The second-order valence-electron chi connectivity index (χ2n) is 3.80. The van der Waals surface area contributed by atoms with Crippen molar-refractivity contribution in [1.82, 2.24) is 0 Å². The number of aliphatic carboxylic acids is 1. The maximum Gasteiger partial charge on any atom is 0.320 e. The number of ether oxygens (including phenoxy) is 2. The molecule has 6 heteroatoms. The first-order chi connectivity index (χ1) is 8.51. The van der Waals surface area contributed by atoms with Crippen LogP contribution in [0.2, 0.25) is 0 Å². The second kappa shape index (κ2) is 6.32. The summed E-state index contributed by atoms with van der Waals surface area (Å²) < 4.78 is 23.6. The zero-order valence-corrected chi connectivity index (χ0v) is 10.3. The molecule has 0 aromatic heterocycles. The second-order valence-corrected chi connectivity index (χ2v) is 3.80. The van der Waals surface area contributed by atoms with Crippen LogP contribution in [0.4, 0.5) is 4.39 Å². The molecule has 0 heterocycles. The number of benzene rings is 1. The Bertz CT molecular complexity index is 436. The molecule has 1 atom stereocenters. The van der Waals surface area contributed by atoms with Crippen LogP contribution in [0.3, 0.4) is 0 Å². The predicted molar refractivity (Wildman–Crippen MR) is 63.0 cm³/mol. The van der Waals surface area contributed by atoms with Crippen LogP contribution in [-0.2, 0) is 22.6 Å². The van der Waals surface area contributed by atoms with Gasteiger partial charge in [0, 0.05) is 13.5 Å². The summed E-state index contributed by atoms with van der Waals surface area (Å²) in [6.07, 6.45) is 0.0650. The van der Waals surface area contributed by atoms with E-state index in [2.05, 4.69) is 0 Å². The molecule has 0 bridgehead atoms. The number of carboxylic acid groups (broad SMARTS) is 1. The highest BCUT2D eigenvalue weighted by atomic mass is 19.1. The van der Waals surface area contributed by atoms with E-state index in [1.165, 1.54) is 26.4 Å². The highest BCUT2D eigenvalue weighted by Gasteiger charge is 2.19. The van der Waals surface area contributed by atoms with E-state index in [-0.39, 0.29) is 24.3 Å². The van der Waals surface area contributed by atoms with Crippen LogP contribution in [-0.4, -0.2) is 31.3 Å². The topological polar surface area (TPSA) is 81.8 Å². The monoisotopic (exact) mass is 257 g/mol. The highest BCUT2D eigenvalue weighted by molar-refractivity contribution is 5.73. The Morgan fingerprint density at radius 3 is 2.67 bits per heavy atom. The van der Waals surface area contributed by atoms with Gasteiger partial charge >= 0.3 is 5.97 Å². The minimum Gasteiger partial charge on any atom is -0.496 e. The van der Waals surface area contributed by atoms with Crippen molar-refractivity contribution in [1.29, 1.82) is 0 Å². The number of carboxylic acids is 1. The summed E-state index contributed by atoms with van der Waals surface area (Å²) in [5, 5.41) is 8.77. The van der Waals surface area contributed by atoms with Gasteiger partial charge in [-0.25, -0.2) is 4.39 Å².